The van der Waals surface area contributed by atoms with Crippen molar-refractivity contribution >= 4 is 22.5 Å². The smallest absolute Gasteiger partial charge is 0.242 e. The van der Waals surface area contributed by atoms with E-state index in [2.05, 4.69) is 11.0 Å². The molecule has 0 bridgehead atoms. The predicted octanol–water partition coefficient (Wildman–Crippen LogP) is 3.13. The van der Waals surface area contributed by atoms with Gasteiger partial charge in [-0.1, -0.05) is 18.2 Å². The van der Waals surface area contributed by atoms with Crippen molar-refractivity contribution in [1.82, 2.24) is 9.47 Å². The van der Waals surface area contributed by atoms with Crippen molar-refractivity contribution in [2.75, 3.05) is 31.1 Å². The van der Waals surface area contributed by atoms with Crippen LogP contribution in [-0.2, 0) is 11.3 Å². The first-order valence-electron chi connectivity index (χ1n) is 8.53. The van der Waals surface area contributed by atoms with Crippen LogP contribution in [0.5, 0.6) is 0 Å². The fourth-order valence-corrected chi connectivity index (χ4v) is 3.39. The van der Waals surface area contributed by atoms with E-state index in [0.29, 0.717) is 19.6 Å². The zero-order chi connectivity index (χ0) is 17.2. The molecule has 5 heteroatoms. The van der Waals surface area contributed by atoms with Crippen molar-refractivity contribution in [1.29, 1.82) is 0 Å². The summed E-state index contributed by atoms with van der Waals surface area (Å²) in [6.07, 6.45) is 1.97. The van der Waals surface area contributed by atoms with Crippen LogP contribution in [0.15, 0.2) is 60.8 Å². The standard InChI is InChI=1S/C20H20FN3O/c21-17-5-7-18(8-6-17)22-11-13-23(14-12-22)20(25)15-24-10-9-16-3-1-2-4-19(16)24/h1-10H,11-15H2. The SMILES string of the molecule is O=C(Cn1ccc2ccccc21)N1CCN(c2ccc(F)cc2)CC1. The Bertz CT molecular complexity index is 879. The van der Waals surface area contributed by atoms with Gasteiger partial charge in [0, 0.05) is 43.6 Å². The Labute approximate surface area is 146 Å². The van der Waals surface area contributed by atoms with Gasteiger partial charge in [0.15, 0.2) is 0 Å². The first kappa shape index (κ1) is 15.7. The molecule has 3 aromatic rings. The molecule has 1 aromatic heterocycles. The third kappa shape index (κ3) is 3.22. The van der Waals surface area contributed by atoms with Crippen LogP contribution in [0.3, 0.4) is 0 Å². The number of carbonyl (C=O) groups is 1. The van der Waals surface area contributed by atoms with Crippen molar-refractivity contribution in [2.24, 2.45) is 0 Å². The van der Waals surface area contributed by atoms with Gasteiger partial charge in [0.25, 0.3) is 0 Å². The second-order valence-electron chi connectivity index (χ2n) is 6.35. The molecule has 1 aliphatic heterocycles. The highest BCUT2D eigenvalue weighted by Gasteiger charge is 2.21. The maximum absolute atomic E-state index is 13.0. The third-order valence-electron chi connectivity index (χ3n) is 4.81. The van der Waals surface area contributed by atoms with Crippen LogP contribution in [0.25, 0.3) is 10.9 Å². The van der Waals surface area contributed by atoms with Gasteiger partial charge in [-0.05, 0) is 41.8 Å². The average molecular weight is 337 g/mol. The summed E-state index contributed by atoms with van der Waals surface area (Å²) < 4.78 is 15.0. The maximum atomic E-state index is 13.0. The molecular formula is C20H20FN3O. The molecule has 4 nitrogen and oxygen atoms in total. The summed E-state index contributed by atoms with van der Waals surface area (Å²) in [5.41, 5.74) is 2.09. The van der Waals surface area contributed by atoms with Crippen LogP contribution < -0.4 is 4.90 Å². The van der Waals surface area contributed by atoms with Gasteiger partial charge in [0.1, 0.15) is 12.4 Å². The molecule has 1 fully saturated rings. The second kappa shape index (κ2) is 6.59. The van der Waals surface area contributed by atoms with Crippen LogP contribution in [-0.4, -0.2) is 41.6 Å². The van der Waals surface area contributed by atoms with Gasteiger partial charge in [0.05, 0.1) is 0 Å². The van der Waals surface area contributed by atoms with Gasteiger partial charge >= 0.3 is 0 Å². The summed E-state index contributed by atoms with van der Waals surface area (Å²) in [6, 6.07) is 16.7. The number of aromatic nitrogens is 1. The number of anilines is 1. The first-order chi connectivity index (χ1) is 12.2. The quantitative estimate of drug-likeness (QED) is 0.735. The molecule has 2 heterocycles. The third-order valence-corrected chi connectivity index (χ3v) is 4.81. The number of halogens is 1. The highest BCUT2D eigenvalue weighted by atomic mass is 19.1. The molecule has 1 saturated heterocycles. The van der Waals surface area contributed by atoms with Crippen molar-refractivity contribution in [3.63, 3.8) is 0 Å². The molecule has 1 aliphatic rings. The lowest BCUT2D eigenvalue weighted by Gasteiger charge is -2.36. The molecule has 25 heavy (non-hydrogen) atoms. The summed E-state index contributed by atoms with van der Waals surface area (Å²) in [4.78, 5) is 16.7. The van der Waals surface area contributed by atoms with E-state index in [1.54, 1.807) is 12.1 Å². The highest BCUT2D eigenvalue weighted by molar-refractivity contribution is 5.83. The fraction of sp³-hybridized carbons (Fsp3) is 0.250. The summed E-state index contributed by atoms with van der Waals surface area (Å²) in [5.74, 6) is -0.0865. The van der Waals surface area contributed by atoms with Gasteiger partial charge in [-0.15, -0.1) is 0 Å². The Morgan fingerprint density at radius 3 is 2.40 bits per heavy atom. The predicted molar refractivity (Wildman–Crippen MR) is 97.1 cm³/mol. The number of nitrogens with zero attached hydrogens (tertiary/aromatic N) is 3. The molecule has 0 spiro atoms. The minimum atomic E-state index is -0.225. The van der Waals surface area contributed by atoms with Crippen molar-refractivity contribution < 1.29 is 9.18 Å². The number of benzene rings is 2. The number of hydrogen-bond donors (Lipinski definition) is 0. The Kier molecular flexibility index (Phi) is 4.14. The molecule has 2 aromatic carbocycles. The van der Waals surface area contributed by atoms with E-state index in [-0.39, 0.29) is 11.7 Å². The Balaban J connectivity index is 1.39. The van der Waals surface area contributed by atoms with Crippen LogP contribution >= 0.6 is 0 Å². The van der Waals surface area contributed by atoms with E-state index in [0.717, 1.165) is 29.7 Å². The van der Waals surface area contributed by atoms with Crippen LogP contribution in [0.4, 0.5) is 10.1 Å². The molecule has 0 saturated carbocycles. The number of amides is 1. The molecular weight excluding hydrogens is 317 g/mol. The lowest BCUT2D eigenvalue weighted by Crippen LogP contribution is -2.49. The molecule has 0 N–H and O–H groups in total. The molecule has 0 unspecified atom stereocenters. The van der Waals surface area contributed by atoms with E-state index < -0.39 is 0 Å². The van der Waals surface area contributed by atoms with Gasteiger partial charge in [-0.3, -0.25) is 4.79 Å². The van der Waals surface area contributed by atoms with Gasteiger partial charge in [0.2, 0.25) is 5.91 Å². The van der Waals surface area contributed by atoms with Gasteiger partial charge in [-0.2, -0.15) is 0 Å². The summed E-state index contributed by atoms with van der Waals surface area (Å²) in [5, 5.41) is 1.15. The zero-order valence-corrected chi connectivity index (χ0v) is 13.9. The Morgan fingerprint density at radius 2 is 1.64 bits per heavy atom. The van der Waals surface area contributed by atoms with E-state index >= 15 is 0 Å². The lowest BCUT2D eigenvalue weighted by molar-refractivity contribution is -0.132. The fourth-order valence-electron chi connectivity index (χ4n) is 3.39. The van der Waals surface area contributed by atoms with Crippen LogP contribution in [0, 0.1) is 5.82 Å². The van der Waals surface area contributed by atoms with E-state index in [4.69, 9.17) is 0 Å². The zero-order valence-electron chi connectivity index (χ0n) is 13.9. The van der Waals surface area contributed by atoms with Crippen molar-refractivity contribution in [2.45, 2.75) is 6.54 Å². The largest absolute Gasteiger partial charge is 0.368 e. The number of rotatable bonds is 3. The molecule has 4 rings (SSSR count). The van der Waals surface area contributed by atoms with Gasteiger partial charge < -0.3 is 14.4 Å². The van der Waals surface area contributed by atoms with Gasteiger partial charge in [-0.25, -0.2) is 4.39 Å². The van der Waals surface area contributed by atoms with Crippen molar-refractivity contribution in [3.8, 4) is 0 Å². The Hall–Kier alpha value is -2.82. The minimum absolute atomic E-state index is 0.139. The molecule has 128 valence electrons. The van der Waals surface area contributed by atoms with E-state index in [1.165, 1.54) is 12.1 Å². The van der Waals surface area contributed by atoms with E-state index in [9.17, 15) is 9.18 Å². The van der Waals surface area contributed by atoms with Crippen LogP contribution in [0.2, 0.25) is 0 Å². The average Bonchev–Trinajstić information content (AvgIpc) is 3.06. The second-order valence-corrected chi connectivity index (χ2v) is 6.35. The summed E-state index contributed by atoms with van der Waals surface area (Å²) in [7, 11) is 0. The monoisotopic (exact) mass is 337 g/mol. The van der Waals surface area contributed by atoms with Crippen LogP contribution in [0.1, 0.15) is 0 Å². The molecule has 1 amide bonds. The van der Waals surface area contributed by atoms with Crippen molar-refractivity contribution in [3.05, 3.63) is 66.6 Å². The topological polar surface area (TPSA) is 28.5 Å². The number of piperazine rings is 1. The Morgan fingerprint density at radius 1 is 0.920 bits per heavy atom. The molecule has 0 radical (unpaired) electrons. The normalized spacial score (nSPS) is 14.9. The molecule has 0 atom stereocenters. The highest BCUT2D eigenvalue weighted by Crippen LogP contribution is 2.18. The number of para-hydroxylation sites is 1. The number of fused-ring (bicyclic) bond motifs is 1. The number of carbonyl (C=O) groups excluding carboxylic acids is 1. The minimum Gasteiger partial charge on any atom is -0.368 e. The number of hydrogen-bond acceptors (Lipinski definition) is 2. The summed E-state index contributed by atoms with van der Waals surface area (Å²) in [6.45, 7) is 3.28. The first-order valence-corrected chi connectivity index (χ1v) is 8.53. The maximum Gasteiger partial charge on any atom is 0.242 e. The lowest BCUT2D eigenvalue weighted by atomic mass is 10.2. The molecule has 0 aliphatic carbocycles. The summed E-state index contributed by atoms with van der Waals surface area (Å²) >= 11 is 0. The van der Waals surface area contributed by atoms with E-state index in [1.807, 2.05) is 39.9 Å².